The molecule has 0 fully saturated rings. The molecule has 1 rings (SSSR count). The molecular formula is C4H2N4OS. The van der Waals surface area contributed by atoms with Gasteiger partial charge in [0.15, 0.2) is 6.29 Å². The normalized spacial score (nSPS) is 8.40. The Hall–Kier alpha value is -1.39. The number of hydrogen-bond donors (Lipinski definition) is 0. The summed E-state index contributed by atoms with van der Waals surface area (Å²) in [6.45, 7) is 0. The number of thiazole rings is 1. The van der Waals surface area contributed by atoms with E-state index in [2.05, 4.69) is 15.0 Å². The molecule has 0 aromatic carbocycles. The van der Waals surface area contributed by atoms with E-state index in [1.807, 2.05) is 0 Å². The number of nitrogens with zero attached hydrogens (tertiary/aromatic N) is 4. The first-order valence-electron chi connectivity index (χ1n) is 2.32. The number of carbonyl (C=O) groups is 1. The van der Waals surface area contributed by atoms with E-state index in [0.29, 0.717) is 11.2 Å². The molecule has 0 N–H and O–H groups in total. The maximum atomic E-state index is 10.2. The zero-order valence-electron chi connectivity index (χ0n) is 4.76. The molecule has 0 aliphatic rings. The number of azide groups is 1. The van der Waals surface area contributed by atoms with Crippen LogP contribution in [0.25, 0.3) is 10.4 Å². The first-order chi connectivity index (χ1) is 4.88. The Balaban J connectivity index is 3.12. The van der Waals surface area contributed by atoms with Crippen molar-refractivity contribution in [3.05, 3.63) is 20.8 Å². The highest BCUT2D eigenvalue weighted by Gasteiger charge is 1.99. The Kier molecular flexibility index (Phi) is 1.99. The highest BCUT2D eigenvalue weighted by molar-refractivity contribution is 7.11. The maximum Gasteiger partial charge on any atom is 0.162 e. The third kappa shape index (κ3) is 1.12. The van der Waals surface area contributed by atoms with E-state index in [0.717, 1.165) is 11.3 Å². The molecule has 0 aliphatic carbocycles. The largest absolute Gasteiger partial charge is 0.297 e. The lowest BCUT2D eigenvalue weighted by atomic mass is 10.5. The van der Waals surface area contributed by atoms with Gasteiger partial charge in [0.2, 0.25) is 0 Å². The number of hydrogen-bond acceptors (Lipinski definition) is 4. The van der Waals surface area contributed by atoms with E-state index in [1.54, 1.807) is 0 Å². The second kappa shape index (κ2) is 2.95. The lowest BCUT2D eigenvalue weighted by molar-refractivity contribution is 0.112. The molecule has 6 heteroatoms. The van der Waals surface area contributed by atoms with E-state index in [1.165, 1.54) is 5.51 Å². The van der Waals surface area contributed by atoms with Gasteiger partial charge in [-0.3, -0.25) is 4.79 Å². The predicted octanol–water partition coefficient (Wildman–Crippen LogP) is 1.90. The Bertz CT molecular complexity index is 287. The van der Waals surface area contributed by atoms with Crippen LogP contribution in [0.5, 0.6) is 0 Å². The monoisotopic (exact) mass is 154 g/mol. The molecule has 0 saturated carbocycles. The summed E-state index contributed by atoms with van der Waals surface area (Å²) in [6, 6.07) is 0. The van der Waals surface area contributed by atoms with Crippen molar-refractivity contribution in [2.45, 2.75) is 0 Å². The highest BCUT2D eigenvalue weighted by Crippen LogP contribution is 2.18. The third-order valence-electron chi connectivity index (χ3n) is 0.822. The van der Waals surface area contributed by atoms with Gasteiger partial charge < -0.3 is 0 Å². The molecule has 0 radical (unpaired) electrons. The summed E-state index contributed by atoms with van der Waals surface area (Å²) in [5.74, 6) is 0.155. The topological polar surface area (TPSA) is 78.7 Å². The van der Waals surface area contributed by atoms with E-state index < -0.39 is 0 Å². The summed E-state index contributed by atoms with van der Waals surface area (Å²) in [6.07, 6.45) is 0.613. The van der Waals surface area contributed by atoms with Crippen LogP contribution < -0.4 is 0 Å². The molecule has 50 valence electrons. The summed E-state index contributed by atoms with van der Waals surface area (Å²) < 4.78 is 0. The first-order valence-corrected chi connectivity index (χ1v) is 3.20. The van der Waals surface area contributed by atoms with Crippen LogP contribution in [0, 0.1) is 0 Å². The van der Waals surface area contributed by atoms with Crippen LogP contribution in [0.15, 0.2) is 10.6 Å². The average Bonchev–Trinajstić information content (AvgIpc) is 2.36. The van der Waals surface area contributed by atoms with Crippen molar-refractivity contribution < 1.29 is 4.79 Å². The lowest BCUT2D eigenvalue weighted by Crippen LogP contribution is -1.69. The standard InChI is InChI=1S/C4H2N4OS/c5-8-7-4-3(1-9)10-2-6-4/h1-2H. The van der Waals surface area contributed by atoms with Crippen molar-refractivity contribution in [3.8, 4) is 0 Å². The Morgan fingerprint density at radius 3 is 3.30 bits per heavy atom. The van der Waals surface area contributed by atoms with Gasteiger partial charge in [0.25, 0.3) is 0 Å². The Morgan fingerprint density at radius 2 is 2.70 bits per heavy atom. The molecule has 0 amide bonds. The van der Waals surface area contributed by atoms with Crippen LogP contribution in [0.1, 0.15) is 9.67 Å². The molecule has 5 nitrogen and oxygen atoms in total. The quantitative estimate of drug-likeness (QED) is 0.282. The zero-order valence-corrected chi connectivity index (χ0v) is 5.58. The van der Waals surface area contributed by atoms with Gasteiger partial charge >= 0.3 is 0 Å². The minimum Gasteiger partial charge on any atom is -0.297 e. The summed E-state index contributed by atoms with van der Waals surface area (Å²) >= 11 is 1.15. The van der Waals surface area contributed by atoms with Crippen LogP contribution in [0.4, 0.5) is 5.82 Å². The van der Waals surface area contributed by atoms with Gasteiger partial charge in [-0.05, 0) is 10.6 Å². The molecule has 0 unspecified atom stereocenters. The average molecular weight is 154 g/mol. The van der Waals surface area contributed by atoms with Gasteiger partial charge in [0, 0.05) is 4.91 Å². The van der Waals surface area contributed by atoms with Crippen molar-refractivity contribution in [2.24, 2.45) is 5.11 Å². The molecule has 1 heterocycles. The molecule has 0 saturated heterocycles. The van der Waals surface area contributed by atoms with Gasteiger partial charge in [-0.15, -0.1) is 11.3 Å². The van der Waals surface area contributed by atoms with Gasteiger partial charge in [-0.1, -0.05) is 0 Å². The molecule has 0 spiro atoms. The lowest BCUT2D eigenvalue weighted by Gasteiger charge is -1.78. The predicted molar refractivity (Wildman–Crippen MR) is 36.3 cm³/mol. The molecule has 1 aromatic heterocycles. The second-order valence-electron chi connectivity index (χ2n) is 1.35. The smallest absolute Gasteiger partial charge is 0.162 e. The number of aldehydes is 1. The van der Waals surface area contributed by atoms with Gasteiger partial charge in [-0.25, -0.2) is 4.98 Å². The van der Waals surface area contributed by atoms with Gasteiger partial charge in [0.05, 0.1) is 10.4 Å². The number of rotatable bonds is 2. The van der Waals surface area contributed by atoms with Crippen molar-refractivity contribution >= 4 is 23.4 Å². The van der Waals surface area contributed by atoms with E-state index in [9.17, 15) is 4.79 Å². The fraction of sp³-hybridized carbons (Fsp3) is 0. The van der Waals surface area contributed by atoms with Gasteiger partial charge in [-0.2, -0.15) is 0 Å². The van der Waals surface area contributed by atoms with Crippen molar-refractivity contribution in [3.63, 3.8) is 0 Å². The maximum absolute atomic E-state index is 10.2. The summed E-state index contributed by atoms with van der Waals surface area (Å²) in [4.78, 5) is 16.7. The minimum absolute atomic E-state index is 0.155. The SMILES string of the molecule is [N-]=[N+]=Nc1ncsc1C=O. The van der Waals surface area contributed by atoms with E-state index >= 15 is 0 Å². The van der Waals surface area contributed by atoms with Crippen molar-refractivity contribution in [1.29, 1.82) is 0 Å². The van der Waals surface area contributed by atoms with Crippen LogP contribution >= 0.6 is 11.3 Å². The number of aromatic nitrogens is 1. The molecule has 0 bridgehead atoms. The fourth-order valence-corrected chi connectivity index (χ4v) is 0.968. The van der Waals surface area contributed by atoms with Crippen LogP contribution in [-0.2, 0) is 0 Å². The molecule has 1 aromatic rings. The summed E-state index contributed by atoms with van der Waals surface area (Å²) in [5.41, 5.74) is 9.42. The van der Waals surface area contributed by atoms with Crippen molar-refractivity contribution in [2.75, 3.05) is 0 Å². The minimum atomic E-state index is 0.155. The first kappa shape index (κ1) is 6.73. The molecular weight excluding hydrogens is 152 g/mol. The Labute approximate surface area is 60.0 Å². The van der Waals surface area contributed by atoms with E-state index in [-0.39, 0.29) is 5.82 Å². The fourth-order valence-electron chi connectivity index (χ4n) is 0.447. The molecule has 10 heavy (non-hydrogen) atoms. The summed E-state index contributed by atoms with van der Waals surface area (Å²) in [5, 5.41) is 3.19. The zero-order chi connectivity index (χ0) is 7.40. The highest BCUT2D eigenvalue weighted by atomic mass is 32.1. The third-order valence-corrected chi connectivity index (χ3v) is 1.57. The van der Waals surface area contributed by atoms with Crippen LogP contribution in [0.2, 0.25) is 0 Å². The van der Waals surface area contributed by atoms with Gasteiger partial charge in [0.1, 0.15) is 5.82 Å². The number of carbonyl (C=O) groups excluding carboxylic acids is 1. The molecule has 0 aliphatic heterocycles. The van der Waals surface area contributed by atoms with E-state index in [4.69, 9.17) is 5.53 Å². The van der Waals surface area contributed by atoms with Crippen LogP contribution in [0.3, 0.4) is 0 Å². The Morgan fingerprint density at radius 1 is 1.90 bits per heavy atom. The second-order valence-corrected chi connectivity index (χ2v) is 2.23. The molecule has 0 atom stereocenters. The van der Waals surface area contributed by atoms with Crippen LogP contribution in [-0.4, -0.2) is 11.3 Å². The summed E-state index contributed by atoms with van der Waals surface area (Å²) in [7, 11) is 0. The van der Waals surface area contributed by atoms with Crippen molar-refractivity contribution in [1.82, 2.24) is 4.98 Å².